The van der Waals surface area contributed by atoms with Crippen LogP contribution in [0.3, 0.4) is 0 Å². The van der Waals surface area contributed by atoms with Gasteiger partial charge in [0.1, 0.15) is 5.52 Å². The Kier molecular flexibility index (Phi) is 3.41. The Morgan fingerprint density at radius 1 is 1.38 bits per heavy atom. The van der Waals surface area contributed by atoms with Gasteiger partial charge in [-0.15, -0.1) is 0 Å². The van der Waals surface area contributed by atoms with Crippen LogP contribution in [0.4, 0.5) is 6.01 Å². The minimum atomic E-state index is 0.692. The third kappa shape index (κ3) is 2.33. The molecule has 0 aliphatic carbocycles. The van der Waals surface area contributed by atoms with Gasteiger partial charge >= 0.3 is 0 Å². The Morgan fingerprint density at radius 3 is 2.94 bits per heavy atom. The average molecular weight is 219 g/mol. The number of nitrogens with one attached hydrogen (secondary N) is 1. The highest BCUT2D eigenvalue weighted by atomic mass is 16.4. The van der Waals surface area contributed by atoms with Crippen molar-refractivity contribution in [2.24, 2.45) is 0 Å². The van der Waals surface area contributed by atoms with Crippen LogP contribution in [0.5, 0.6) is 0 Å². The molecule has 2 aromatic rings. The predicted octanol–water partition coefficient (Wildman–Crippen LogP) is 1.87. The molecule has 0 saturated carbocycles. The molecule has 0 radical (unpaired) electrons. The zero-order chi connectivity index (χ0) is 11.4. The van der Waals surface area contributed by atoms with Gasteiger partial charge in [-0.25, -0.2) is 0 Å². The standard InChI is InChI=1S/C12H17N3O/c1-13-8-5-9-15(2)12-14-10-6-3-4-7-11(10)16-12/h3-4,6-7,13H,5,8-9H2,1-2H3. The zero-order valence-electron chi connectivity index (χ0n) is 9.73. The molecule has 1 N–H and O–H groups in total. The Labute approximate surface area is 95.3 Å². The van der Waals surface area contributed by atoms with Crippen LogP contribution < -0.4 is 10.2 Å². The summed E-state index contributed by atoms with van der Waals surface area (Å²) < 4.78 is 5.65. The molecule has 0 fully saturated rings. The van der Waals surface area contributed by atoms with E-state index in [9.17, 15) is 0 Å². The van der Waals surface area contributed by atoms with Crippen LogP contribution in [0, 0.1) is 0 Å². The van der Waals surface area contributed by atoms with Crippen molar-refractivity contribution in [2.75, 3.05) is 32.1 Å². The van der Waals surface area contributed by atoms with Crippen molar-refractivity contribution < 1.29 is 4.42 Å². The maximum atomic E-state index is 5.65. The molecule has 0 saturated heterocycles. The van der Waals surface area contributed by atoms with Crippen molar-refractivity contribution in [2.45, 2.75) is 6.42 Å². The van der Waals surface area contributed by atoms with Gasteiger partial charge in [0.15, 0.2) is 5.58 Å². The minimum Gasteiger partial charge on any atom is -0.423 e. The first-order valence-corrected chi connectivity index (χ1v) is 5.52. The van der Waals surface area contributed by atoms with Crippen LogP contribution in [-0.2, 0) is 0 Å². The summed E-state index contributed by atoms with van der Waals surface area (Å²) in [6.45, 7) is 1.94. The van der Waals surface area contributed by atoms with Gasteiger partial charge in [0.05, 0.1) is 0 Å². The van der Waals surface area contributed by atoms with E-state index in [1.165, 1.54) is 0 Å². The molecule has 0 amide bonds. The molecule has 1 heterocycles. The largest absolute Gasteiger partial charge is 0.423 e. The second kappa shape index (κ2) is 4.99. The lowest BCUT2D eigenvalue weighted by Crippen LogP contribution is -2.22. The maximum Gasteiger partial charge on any atom is 0.298 e. The number of hydrogen-bond acceptors (Lipinski definition) is 4. The highest BCUT2D eigenvalue weighted by Crippen LogP contribution is 2.20. The molecule has 0 bridgehead atoms. The van der Waals surface area contributed by atoms with Crippen LogP contribution in [0.25, 0.3) is 11.1 Å². The summed E-state index contributed by atoms with van der Waals surface area (Å²) in [7, 11) is 3.96. The van der Waals surface area contributed by atoms with Crippen molar-refractivity contribution in [3.63, 3.8) is 0 Å². The van der Waals surface area contributed by atoms with Gasteiger partial charge in [-0.05, 0) is 32.1 Å². The molecule has 4 nitrogen and oxygen atoms in total. The quantitative estimate of drug-likeness (QED) is 0.779. The lowest BCUT2D eigenvalue weighted by molar-refractivity contribution is 0.574. The summed E-state index contributed by atoms with van der Waals surface area (Å²) >= 11 is 0. The summed E-state index contributed by atoms with van der Waals surface area (Å²) in [4.78, 5) is 6.47. The number of anilines is 1. The summed E-state index contributed by atoms with van der Waals surface area (Å²) in [5, 5.41) is 3.12. The Morgan fingerprint density at radius 2 is 2.19 bits per heavy atom. The maximum absolute atomic E-state index is 5.65. The number of aromatic nitrogens is 1. The fraction of sp³-hybridized carbons (Fsp3) is 0.417. The molecule has 16 heavy (non-hydrogen) atoms. The predicted molar refractivity (Wildman–Crippen MR) is 65.8 cm³/mol. The van der Waals surface area contributed by atoms with Crippen molar-refractivity contribution in [1.82, 2.24) is 10.3 Å². The Bertz CT molecular complexity index is 419. The number of hydrogen-bond donors (Lipinski definition) is 1. The van der Waals surface area contributed by atoms with E-state index in [2.05, 4.69) is 10.3 Å². The van der Waals surface area contributed by atoms with Gasteiger partial charge < -0.3 is 14.6 Å². The fourth-order valence-electron chi connectivity index (χ4n) is 1.61. The first kappa shape index (κ1) is 11.0. The third-order valence-electron chi connectivity index (χ3n) is 2.53. The topological polar surface area (TPSA) is 41.3 Å². The first-order chi connectivity index (χ1) is 7.81. The third-order valence-corrected chi connectivity index (χ3v) is 2.53. The Balaban J connectivity index is 2.07. The van der Waals surface area contributed by atoms with Gasteiger partial charge in [-0.1, -0.05) is 12.1 Å². The Hall–Kier alpha value is -1.55. The molecule has 86 valence electrons. The van der Waals surface area contributed by atoms with Crippen molar-refractivity contribution >= 4 is 17.1 Å². The molecule has 0 spiro atoms. The SMILES string of the molecule is CNCCCN(C)c1nc2ccccc2o1. The van der Waals surface area contributed by atoms with Gasteiger partial charge in [-0.2, -0.15) is 4.98 Å². The molecule has 1 aromatic carbocycles. The lowest BCUT2D eigenvalue weighted by Gasteiger charge is -2.13. The van der Waals surface area contributed by atoms with Gasteiger partial charge in [0, 0.05) is 13.6 Å². The van der Waals surface area contributed by atoms with Crippen molar-refractivity contribution in [3.8, 4) is 0 Å². The molecular weight excluding hydrogens is 202 g/mol. The first-order valence-electron chi connectivity index (χ1n) is 5.52. The molecule has 4 heteroatoms. The van der Waals surface area contributed by atoms with Gasteiger partial charge in [-0.3, -0.25) is 0 Å². The van der Waals surface area contributed by atoms with E-state index in [1.54, 1.807) is 0 Å². The molecule has 0 unspecified atom stereocenters. The zero-order valence-corrected chi connectivity index (χ0v) is 9.73. The molecule has 0 aliphatic heterocycles. The highest BCUT2D eigenvalue weighted by molar-refractivity contribution is 5.74. The molecule has 0 atom stereocenters. The van der Waals surface area contributed by atoms with Crippen LogP contribution >= 0.6 is 0 Å². The average Bonchev–Trinajstić information content (AvgIpc) is 2.73. The monoisotopic (exact) mass is 219 g/mol. The van der Waals surface area contributed by atoms with E-state index in [0.29, 0.717) is 6.01 Å². The summed E-state index contributed by atoms with van der Waals surface area (Å²) in [6.07, 6.45) is 1.08. The summed E-state index contributed by atoms with van der Waals surface area (Å²) in [6, 6.07) is 8.52. The lowest BCUT2D eigenvalue weighted by atomic mass is 10.3. The number of fused-ring (bicyclic) bond motifs is 1. The van der Waals surface area contributed by atoms with E-state index in [0.717, 1.165) is 30.6 Å². The molecule has 2 rings (SSSR count). The van der Waals surface area contributed by atoms with E-state index < -0.39 is 0 Å². The van der Waals surface area contributed by atoms with E-state index in [1.807, 2.05) is 43.3 Å². The second-order valence-corrected chi connectivity index (χ2v) is 3.84. The second-order valence-electron chi connectivity index (χ2n) is 3.84. The van der Waals surface area contributed by atoms with E-state index >= 15 is 0 Å². The molecule has 0 aliphatic rings. The van der Waals surface area contributed by atoms with Crippen LogP contribution in [0.2, 0.25) is 0 Å². The van der Waals surface area contributed by atoms with Crippen LogP contribution in [-0.4, -0.2) is 32.2 Å². The fourth-order valence-corrected chi connectivity index (χ4v) is 1.61. The molecular formula is C12H17N3O. The summed E-state index contributed by atoms with van der Waals surface area (Å²) in [5.74, 6) is 0. The molecule has 1 aromatic heterocycles. The van der Waals surface area contributed by atoms with Gasteiger partial charge in [0.2, 0.25) is 0 Å². The van der Waals surface area contributed by atoms with E-state index in [-0.39, 0.29) is 0 Å². The van der Waals surface area contributed by atoms with Crippen LogP contribution in [0.1, 0.15) is 6.42 Å². The number of para-hydroxylation sites is 2. The number of nitrogens with zero attached hydrogens (tertiary/aromatic N) is 2. The number of oxazole rings is 1. The highest BCUT2D eigenvalue weighted by Gasteiger charge is 2.08. The summed E-state index contributed by atoms with van der Waals surface area (Å²) in [5.41, 5.74) is 1.76. The minimum absolute atomic E-state index is 0.692. The van der Waals surface area contributed by atoms with Crippen molar-refractivity contribution in [1.29, 1.82) is 0 Å². The van der Waals surface area contributed by atoms with Crippen molar-refractivity contribution in [3.05, 3.63) is 24.3 Å². The number of rotatable bonds is 5. The smallest absolute Gasteiger partial charge is 0.298 e. The van der Waals surface area contributed by atoms with Crippen LogP contribution in [0.15, 0.2) is 28.7 Å². The van der Waals surface area contributed by atoms with Gasteiger partial charge in [0.25, 0.3) is 6.01 Å². The number of benzene rings is 1. The van der Waals surface area contributed by atoms with E-state index in [4.69, 9.17) is 4.42 Å². The normalized spacial score (nSPS) is 10.9.